The molecule has 0 aromatic carbocycles. The van der Waals surface area contributed by atoms with E-state index >= 15 is 0 Å². The summed E-state index contributed by atoms with van der Waals surface area (Å²) in [6, 6.07) is 2.40. The summed E-state index contributed by atoms with van der Waals surface area (Å²) in [6.07, 6.45) is 7.30. The molecular weight excluding hydrogens is 472 g/mol. The van der Waals surface area contributed by atoms with E-state index in [1.807, 2.05) is 13.0 Å². The third-order valence-electron chi connectivity index (χ3n) is 7.64. The number of aryl methyl sites for hydroxylation is 1. The molecule has 3 aliphatic rings. The maximum Gasteiger partial charge on any atom is 0.153 e. The Morgan fingerprint density at radius 1 is 1.32 bits per heavy atom. The highest BCUT2D eigenvalue weighted by Gasteiger charge is 2.47. The van der Waals surface area contributed by atoms with E-state index in [1.54, 1.807) is 6.20 Å². The molecule has 5 rings (SSSR count). The molecule has 3 fully saturated rings. The predicted octanol–water partition coefficient (Wildman–Crippen LogP) is 3.77. The zero-order valence-corrected chi connectivity index (χ0v) is 21.3. The average Bonchev–Trinajstić information content (AvgIpc) is 3.08. The molecular formula is C24H33ClN6O2S. The van der Waals surface area contributed by atoms with Gasteiger partial charge in [-0.25, -0.2) is 15.0 Å². The fourth-order valence-corrected chi connectivity index (χ4v) is 6.23. The van der Waals surface area contributed by atoms with Crippen molar-refractivity contribution in [1.29, 1.82) is 0 Å². The number of aliphatic hydroxyl groups excluding tert-OH is 1. The maximum absolute atomic E-state index is 10.1. The highest BCUT2D eigenvalue weighted by atomic mass is 35.5. The van der Waals surface area contributed by atoms with Crippen molar-refractivity contribution in [2.24, 2.45) is 11.1 Å². The lowest BCUT2D eigenvalue weighted by molar-refractivity contribution is 0.0973. The first-order valence-electron chi connectivity index (χ1n) is 12.1. The van der Waals surface area contributed by atoms with Gasteiger partial charge in [-0.2, -0.15) is 0 Å². The normalized spacial score (nSPS) is 24.4. The smallest absolute Gasteiger partial charge is 0.153 e. The Bertz CT molecular complexity index is 1040. The number of halogens is 1. The Morgan fingerprint density at radius 2 is 2.09 bits per heavy atom. The summed E-state index contributed by atoms with van der Waals surface area (Å²) >= 11 is 8.13. The van der Waals surface area contributed by atoms with Gasteiger partial charge in [0.1, 0.15) is 16.5 Å². The van der Waals surface area contributed by atoms with Gasteiger partial charge in [-0.3, -0.25) is 0 Å². The van der Waals surface area contributed by atoms with E-state index in [9.17, 15) is 5.11 Å². The topological polar surface area (TPSA) is 109 Å². The van der Waals surface area contributed by atoms with Gasteiger partial charge in [0.15, 0.2) is 5.82 Å². The third kappa shape index (κ3) is 4.48. The number of nitrogens with zero attached hydrogens (tertiary/aromatic N) is 4. The maximum atomic E-state index is 10.1. The number of nitrogens with two attached hydrogens (primary N) is 1. The van der Waals surface area contributed by atoms with Crippen molar-refractivity contribution in [2.45, 2.75) is 80.7 Å². The van der Waals surface area contributed by atoms with Crippen LogP contribution in [0.3, 0.4) is 0 Å². The number of piperidine rings is 1. The number of anilines is 2. The molecule has 34 heavy (non-hydrogen) atoms. The van der Waals surface area contributed by atoms with Crippen LogP contribution in [0.2, 0.25) is 5.02 Å². The number of pyridine rings is 1. The largest absolute Gasteiger partial charge is 0.390 e. The number of hydrogen-bond acceptors (Lipinski definition) is 9. The van der Waals surface area contributed by atoms with Crippen molar-refractivity contribution in [1.82, 2.24) is 15.0 Å². The van der Waals surface area contributed by atoms with E-state index in [0.717, 1.165) is 66.8 Å². The van der Waals surface area contributed by atoms with Crippen molar-refractivity contribution in [3.05, 3.63) is 28.7 Å². The van der Waals surface area contributed by atoms with Crippen molar-refractivity contribution < 1.29 is 9.84 Å². The summed E-state index contributed by atoms with van der Waals surface area (Å²) in [5, 5.41) is 14.9. The fourth-order valence-electron chi connectivity index (χ4n) is 5.07. The van der Waals surface area contributed by atoms with E-state index in [4.69, 9.17) is 32.0 Å². The molecule has 2 aromatic heterocycles. The minimum atomic E-state index is -0.171. The number of ether oxygens (including phenoxy) is 1. The Hall–Kier alpha value is -1.65. The number of aromatic nitrogens is 3. The Morgan fingerprint density at radius 3 is 2.71 bits per heavy atom. The summed E-state index contributed by atoms with van der Waals surface area (Å²) in [5.41, 5.74) is 7.91. The van der Waals surface area contributed by atoms with Crippen LogP contribution in [0.5, 0.6) is 0 Å². The fraction of sp³-hybridized carbons (Fsp3) is 0.625. The lowest BCUT2D eigenvalue weighted by Gasteiger charge is -2.42. The summed E-state index contributed by atoms with van der Waals surface area (Å²) in [4.78, 5) is 17.2. The van der Waals surface area contributed by atoms with Crippen LogP contribution in [0.25, 0.3) is 0 Å². The van der Waals surface area contributed by atoms with Gasteiger partial charge in [-0.15, -0.1) is 0 Å². The van der Waals surface area contributed by atoms with Crippen LogP contribution in [0.15, 0.2) is 22.2 Å². The highest BCUT2D eigenvalue weighted by molar-refractivity contribution is 7.99. The Kier molecular flexibility index (Phi) is 6.92. The van der Waals surface area contributed by atoms with Crippen LogP contribution < -0.4 is 16.0 Å². The summed E-state index contributed by atoms with van der Waals surface area (Å²) < 4.78 is 5.85. The minimum Gasteiger partial charge on any atom is -0.390 e. The number of rotatable bonds is 6. The number of hydrogen-bond donors (Lipinski definition) is 3. The molecule has 184 valence electrons. The SMILES string of the molecule is Cc1nc(N2CCC3(CC2)CO[C@@H](C)[C@H]3N)c(CO)nc1Sc1ccnc(NC2CCC2)c1Cl. The van der Waals surface area contributed by atoms with Gasteiger partial charge in [0.2, 0.25) is 0 Å². The second-order valence-electron chi connectivity index (χ2n) is 9.78. The van der Waals surface area contributed by atoms with Gasteiger partial charge in [-0.1, -0.05) is 23.4 Å². The Balaban J connectivity index is 1.33. The van der Waals surface area contributed by atoms with Gasteiger partial charge in [0.25, 0.3) is 0 Å². The first-order valence-corrected chi connectivity index (χ1v) is 13.3. The molecule has 8 nitrogen and oxygen atoms in total. The predicted molar refractivity (Wildman–Crippen MR) is 135 cm³/mol. The summed E-state index contributed by atoms with van der Waals surface area (Å²) in [5.74, 6) is 1.47. The van der Waals surface area contributed by atoms with Crippen LogP contribution in [-0.2, 0) is 11.3 Å². The quantitative estimate of drug-likeness (QED) is 0.541. The van der Waals surface area contributed by atoms with Gasteiger partial charge >= 0.3 is 0 Å². The van der Waals surface area contributed by atoms with E-state index in [-0.39, 0.29) is 24.2 Å². The van der Waals surface area contributed by atoms with E-state index < -0.39 is 0 Å². The minimum absolute atomic E-state index is 0.0386. The first-order chi connectivity index (χ1) is 16.4. The lowest BCUT2D eigenvalue weighted by atomic mass is 9.73. The molecule has 2 aromatic rings. The van der Waals surface area contributed by atoms with Crippen molar-refractivity contribution in [2.75, 3.05) is 29.9 Å². The number of nitrogens with one attached hydrogen (secondary N) is 1. The van der Waals surface area contributed by atoms with Crippen LogP contribution >= 0.6 is 23.4 Å². The molecule has 1 aliphatic carbocycles. The monoisotopic (exact) mass is 504 g/mol. The van der Waals surface area contributed by atoms with Gasteiger partial charge in [0.05, 0.1) is 30.0 Å². The molecule has 1 spiro atoms. The standard InChI is InChI=1S/C24H33ClN6O2S/c1-14-23(34-18-6-9-27-21(19(18)25)29-16-4-3-5-16)30-17(12-32)22(28-14)31-10-7-24(8-11-31)13-33-15(2)20(24)26/h6,9,15-16,20,32H,3-5,7-8,10-13,26H2,1-2H3,(H,27,29)/t15-,20+/m0/s1. The molecule has 1 saturated carbocycles. The van der Waals surface area contributed by atoms with Crippen molar-refractivity contribution >= 4 is 35.0 Å². The van der Waals surface area contributed by atoms with E-state index in [2.05, 4.69) is 22.1 Å². The van der Waals surface area contributed by atoms with E-state index in [1.165, 1.54) is 18.2 Å². The van der Waals surface area contributed by atoms with Gasteiger partial charge in [0, 0.05) is 41.7 Å². The zero-order valence-electron chi connectivity index (χ0n) is 19.8. The van der Waals surface area contributed by atoms with Crippen molar-refractivity contribution in [3.63, 3.8) is 0 Å². The first kappa shape index (κ1) is 24.1. The molecule has 2 aliphatic heterocycles. The van der Waals surface area contributed by atoms with Crippen LogP contribution in [0.1, 0.15) is 50.4 Å². The molecule has 2 saturated heterocycles. The van der Waals surface area contributed by atoms with Gasteiger partial charge < -0.3 is 25.8 Å². The Labute approximate surface area is 210 Å². The molecule has 0 radical (unpaired) electrons. The molecule has 2 atom stereocenters. The second-order valence-corrected chi connectivity index (χ2v) is 11.2. The zero-order chi connectivity index (χ0) is 23.9. The van der Waals surface area contributed by atoms with Gasteiger partial charge in [-0.05, 0) is 52.0 Å². The average molecular weight is 505 g/mol. The molecule has 0 unspecified atom stereocenters. The molecule has 0 amide bonds. The van der Waals surface area contributed by atoms with Crippen LogP contribution in [0.4, 0.5) is 11.6 Å². The van der Waals surface area contributed by atoms with Crippen molar-refractivity contribution in [3.8, 4) is 0 Å². The van der Waals surface area contributed by atoms with Crippen LogP contribution in [-0.4, -0.2) is 57.9 Å². The summed E-state index contributed by atoms with van der Waals surface area (Å²) in [6.45, 7) is 6.21. The third-order valence-corrected chi connectivity index (χ3v) is 9.27. The second kappa shape index (κ2) is 9.78. The number of aliphatic hydroxyl groups is 1. The van der Waals surface area contributed by atoms with Crippen LogP contribution in [0, 0.1) is 12.3 Å². The highest BCUT2D eigenvalue weighted by Crippen LogP contribution is 2.43. The van der Waals surface area contributed by atoms with E-state index in [0.29, 0.717) is 22.6 Å². The molecule has 10 heteroatoms. The molecule has 4 heterocycles. The summed E-state index contributed by atoms with van der Waals surface area (Å²) in [7, 11) is 0. The lowest BCUT2D eigenvalue weighted by Crippen LogP contribution is -2.51. The molecule has 0 bridgehead atoms. The molecule has 4 N–H and O–H groups in total.